The first-order valence-corrected chi connectivity index (χ1v) is 6.84. The molecule has 1 aromatic heterocycles. The molecular formula is C12H15F3N2OS. The van der Waals surface area contributed by atoms with Gasteiger partial charge < -0.3 is 5.32 Å². The van der Waals surface area contributed by atoms with E-state index in [1.165, 1.54) is 6.07 Å². The molecule has 0 aliphatic heterocycles. The molecule has 7 heteroatoms. The Hall–Kier alpha value is -1.24. The van der Waals surface area contributed by atoms with Crippen molar-refractivity contribution in [2.24, 2.45) is 0 Å². The molecule has 106 valence electrons. The number of nitrogens with zero attached hydrogens (tertiary/aromatic N) is 1. The molecule has 0 aliphatic rings. The van der Waals surface area contributed by atoms with Crippen molar-refractivity contribution >= 4 is 17.7 Å². The number of hydrogen-bond acceptors (Lipinski definition) is 3. The van der Waals surface area contributed by atoms with Gasteiger partial charge in [-0.1, -0.05) is 25.1 Å². The fourth-order valence-electron chi connectivity index (χ4n) is 1.23. The highest BCUT2D eigenvalue weighted by molar-refractivity contribution is 7.99. The molecule has 0 aromatic carbocycles. The molecule has 1 rings (SSSR count). The van der Waals surface area contributed by atoms with Crippen molar-refractivity contribution in [3.05, 3.63) is 23.9 Å². The van der Waals surface area contributed by atoms with Crippen LogP contribution in [0.25, 0.3) is 0 Å². The molecule has 0 radical (unpaired) electrons. The van der Waals surface area contributed by atoms with E-state index in [0.29, 0.717) is 11.6 Å². The van der Waals surface area contributed by atoms with E-state index in [1.54, 1.807) is 0 Å². The van der Waals surface area contributed by atoms with Gasteiger partial charge in [0.25, 0.3) is 0 Å². The average Bonchev–Trinajstić information content (AvgIpc) is 2.36. The zero-order chi connectivity index (χ0) is 14.3. The topological polar surface area (TPSA) is 42.0 Å². The average molecular weight is 292 g/mol. The minimum absolute atomic E-state index is 0.139. The van der Waals surface area contributed by atoms with Crippen LogP contribution in [-0.4, -0.2) is 23.2 Å². The molecule has 0 aliphatic carbocycles. The Morgan fingerprint density at radius 2 is 2.16 bits per heavy atom. The Balaban J connectivity index is 2.40. The van der Waals surface area contributed by atoms with E-state index in [0.717, 1.165) is 36.9 Å². The standard InChI is InChI=1S/C12H15F3N2OS/c1-2-3-6-16-10(18)8-19-11-5-4-9(7-17-11)12(13,14)15/h4-5,7H,2-3,6,8H2,1H3,(H,16,18). The van der Waals surface area contributed by atoms with Gasteiger partial charge in [-0.3, -0.25) is 4.79 Å². The Morgan fingerprint density at radius 1 is 1.42 bits per heavy atom. The van der Waals surface area contributed by atoms with Gasteiger partial charge in [-0.15, -0.1) is 0 Å². The summed E-state index contributed by atoms with van der Waals surface area (Å²) < 4.78 is 36.9. The number of pyridine rings is 1. The van der Waals surface area contributed by atoms with Crippen LogP contribution in [0.3, 0.4) is 0 Å². The van der Waals surface area contributed by atoms with E-state index in [2.05, 4.69) is 10.3 Å². The number of nitrogens with one attached hydrogen (secondary N) is 1. The molecule has 0 spiro atoms. The summed E-state index contributed by atoms with van der Waals surface area (Å²) in [5.74, 6) is 0.0161. The maximum Gasteiger partial charge on any atom is 0.417 e. The first kappa shape index (κ1) is 15.8. The number of hydrogen-bond donors (Lipinski definition) is 1. The van der Waals surface area contributed by atoms with Crippen molar-refractivity contribution in [2.75, 3.05) is 12.3 Å². The van der Waals surface area contributed by atoms with Gasteiger partial charge in [0.05, 0.1) is 16.3 Å². The van der Waals surface area contributed by atoms with Crippen molar-refractivity contribution in [3.63, 3.8) is 0 Å². The van der Waals surface area contributed by atoms with Crippen LogP contribution < -0.4 is 5.32 Å². The maximum absolute atomic E-state index is 12.3. The Morgan fingerprint density at radius 3 is 2.68 bits per heavy atom. The van der Waals surface area contributed by atoms with E-state index in [1.807, 2.05) is 6.92 Å². The van der Waals surface area contributed by atoms with E-state index in [-0.39, 0.29) is 11.7 Å². The number of alkyl halides is 3. The second-order valence-corrected chi connectivity index (χ2v) is 4.87. The third-order valence-corrected chi connectivity index (χ3v) is 3.21. The first-order chi connectivity index (χ1) is 8.93. The van der Waals surface area contributed by atoms with Crippen LogP contribution in [0.1, 0.15) is 25.3 Å². The zero-order valence-corrected chi connectivity index (χ0v) is 11.3. The number of carbonyl (C=O) groups is 1. The molecule has 0 fully saturated rings. The van der Waals surface area contributed by atoms with Crippen molar-refractivity contribution in [3.8, 4) is 0 Å². The summed E-state index contributed by atoms with van der Waals surface area (Å²) in [6.07, 6.45) is -1.70. The number of halogens is 3. The second-order valence-electron chi connectivity index (χ2n) is 3.88. The van der Waals surface area contributed by atoms with Gasteiger partial charge in [-0.25, -0.2) is 4.98 Å². The summed E-state index contributed by atoms with van der Waals surface area (Å²) in [6, 6.07) is 2.23. The largest absolute Gasteiger partial charge is 0.417 e. The van der Waals surface area contributed by atoms with Crippen LogP contribution in [0.5, 0.6) is 0 Å². The van der Waals surface area contributed by atoms with E-state index < -0.39 is 11.7 Å². The molecule has 0 unspecified atom stereocenters. The van der Waals surface area contributed by atoms with Crippen LogP contribution in [0.2, 0.25) is 0 Å². The second kappa shape index (κ2) is 7.37. The molecule has 0 bridgehead atoms. The maximum atomic E-state index is 12.3. The van der Waals surface area contributed by atoms with Gasteiger partial charge in [-0.2, -0.15) is 13.2 Å². The van der Waals surface area contributed by atoms with E-state index in [4.69, 9.17) is 0 Å². The van der Waals surface area contributed by atoms with Gasteiger partial charge in [0.15, 0.2) is 0 Å². The van der Waals surface area contributed by atoms with Crippen LogP contribution in [-0.2, 0) is 11.0 Å². The summed E-state index contributed by atoms with van der Waals surface area (Å²) in [6.45, 7) is 2.64. The van der Waals surface area contributed by atoms with Gasteiger partial charge in [0, 0.05) is 12.7 Å². The normalized spacial score (nSPS) is 11.4. The number of thioether (sulfide) groups is 1. The summed E-state index contributed by atoms with van der Waals surface area (Å²) in [5.41, 5.74) is -0.788. The molecule has 0 saturated heterocycles. The number of rotatable bonds is 6. The monoisotopic (exact) mass is 292 g/mol. The minimum atomic E-state index is -4.38. The van der Waals surface area contributed by atoms with Crippen molar-refractivity contribution in [1.29, 1.82) is 0 Å². The van der Waals surface area contributed by atoms with Crippen molar-refractivity contribution < 1.29 is 18.0 Å². The predicted octanol–water partition coefficient (Wildman–Crippen LogP) is 3.11. The fraction of sp³-hybridized carbons (Fsp3) is 0.500. The summed E-state index contributed by atoms with van der Waals surface area (Å²) in [5, 5.41) is 3.12. The molecule has 0 saturated carbocycles. The molecule has 1 heterocycles. The Labute approximate surface area is 114 Å². The Kier molecular flexibility index (Phi) is 6.14. The molecular weight excluding hydrogens is 277 g/mol. The zero-order valence-electron chi connectivity index (χ0n) is 10.5. The van der Waals surface area contributed by atoms with Crippen LogP contribution in [0.4, 0.5) is 13.2 Å². The van der Waals surface area contributed by atoms with E-state index >= 15 is 0 Å². The molecule has 1 amide bonds. The van der Waals surface area contributed by atoms with Crippen LogP contribution in [0.15, 0.2) is 23.4 Å². The fourth-order valence-corrected chi connectivity index (χ4v) is 1.90. The number of aromatic nitrogens is 1. The Bertz CT molecular complexity index is 406. The van der Waals surface area contributed by atoms with E-state index in [9.17, 15) is 18.0 Å². The summed E-state index contributed by atoms with van der Waals surface area (Å²) in [4.78, 5) is 15.1. The molecule has 3 nitrogen and oxygen atoms in total. The van der Waals surface area contributed by atoms with Gasteiger partial charge in [-0.05, 0) is 18.6 Å². The van der Waals surface area contributed by atoms with Crippen molar-refractivity contribution in [2.45, 2.75) is 31.0 Å². The minimum Gasteiger partial charge on any atom is -0.355 e. The highest BCUT2D eigenvalue weighted by atomic mass is 32.2. The number of unbranched alkanes of at least 4 members (excludes halogenated alkanes) is 1. The van der Waals surface area contributed by atoms with Crippen LogP contribution in [0, 0.1) is 0 Å². The lowest BCUT2D eigenvalue weighted by Crippen LogP contribution is -2.26. The third kappa shape index (κ3) is 5.96. The summed E-state index contributed by atoms with van der Waals surface area (Å²) >= 11 is 1.12. The highest BCUT2D eigenvalue weighted by Crippen LogP contribution is 2.29. The number of carbonyl (C=O) groups excluding carboxylic acids is 1. The third-order valence-electron chi connectivity index (χ3n) is 2.27. The van der Waals surface area contributed by atoms with Gasteiger partial charge in [0.2, 0.25) is 5.91 Å². The molecule has 0 atom stereocenters. The smallest absolute Gasteiger partial charge is 0.355 e. The molecule has 19 heavy (non-hydrogen) atoms. The van der Waals surface area contributed by atoms with Crippen LogP contribution >= 0.6 is 11.8 Å². The quantitative estimate of drug-likeness (QED) is 0.647. The number of amides is 1. The molecule has 1 aromatic rings. The lowest BCUT2D eigenvalue weighted by Gasteiger charge is -2.07. The summed E-state index contributed by atoms with van der Waals surface area (Å²) in [7, 11) is 0. The predicted molar refractivity (Wildman–Crippen MR) is 67.9 cm³/mol. The SMILES string of the molecule is CCCCNC(=O)CSc1ccc(C(F)(F)F)cn1. The molecule has 1 N–H and O–H groups in total. The van der Waals surface area contributed by atoms with Crippen molar-refractivity contribution in [1.82, 2.24) is 10.3 Å². The van der Waals surface area contributed by atoms with Gasteiger partial charge in [0.1, 0.15) is 0 Å². The lowest BCUT2D eigenvalue weighted by molar-refractivity contribution is -0.137. The van der Waals surface area contributed by atoms with Gasteiger partial charge >= 0.3 is 6.18 Å². The first-order valence-electron chi connectivity index (χ1n) is 5.86. The lowest BCUT2D eigenvalue weighted by atomic mass is 10.3. The highest BCUT2D eigenvalue weighted by Gasteiger charge is 2.30.